The summed E-state index contributed by atoms with van der Waals surface area (Å²) < 4.78 is 0. The first kappa shape index (κ1) is 20.2. The molecule has 0 bridgehead atoms. The lowest BCUT2D eigenvalue weighted by atomic mass is 10.1. The third-order valence-electron chi connectivity index (χ3n) is 3.63. The maximum absolute atomic E-state index is 11.7. The molecule has 0 saturated carbocycles. The van der Waals surface area contributed by atoms with E-state index in [0.29, 0.717) is 6.54 Å². The van der Waals surface area contributed by atoms with Gasteiger partial charge in [-0.25, -0.2) is 4.99 Å². The second-order valence-electron chi connectivity index (χ2n) is 5.58. The SMILES string of the molecule is CN(C)C(=O)CN=C(NCc1cccs1)N1CCC(O)CC1.I. The van der Waals surface area contributed by atoms with Crippen molar-refractivity contribution >= 4 is 47.2 Å². The highest BCUT2D eigenvalue weighted by molar-refractivity contribution is 14.0. The van der Waals surface area contributed by atoms with Crippen molar-refractivity contribution in [1.82, 2.24) is 15.1 Å². The van der Waals surface area contributed by atoms with E-state index in [1.165, 1.54) is 4.88 Å². The van der Waals surface area contributed by atoms with E-state index in [1.807, 2.05) is 11.4 Å². The van der Waals surface area contributed by atoms with E-state index in [2.05, 4.69) is 21.3 Å². The van der Waals surface area contributed by atoms with Gasteiger partial charge < -0.3 is 20.2 Å². The molecule has 2 N–H and O–H groups in total. The molecule has 0 aromatic carbocycles. The van der Waals surface area contributed by atoms with Gasteiger partial charge in [0.25, 0.3) is 0 Å². The molecule has 8 heteroatoms. The molecule has 1 aliphatic rings. The van der Waals surface area contributed by atoms with Crippen LogP contribution in [0.4, 0.5) is 0 Å². The third-order valence-corrected chi connectivity index (χ3v) is 4.50. The number of rotatable bonds is 4. The Hall–Kier alpha value is -0.870. The number of nitrogens with one attached hydrogen (secondary N) is 1. The van der Waals surface area contributed by atoms with Crippen LogP contribution in [-0.4, -0.2) is 66.6 Å². The topological polar surface area (TPSA) is 68.2 Å². The molecule has 1 aromatic heterocycles. The van der Waals surface area contributed by atoms with E-state index >= 15 is 0 Å². The fourth-order valence-corrected chi connectivity index (χ4v) is 2.85. The average molecular weight is 452 g/mol. The van der Waals surface area contributed by atoms with Gasteiger partial charge in [-0.05, 0) is 24.3 Å². The van der Waals surface area contributed by atoms with Gasteiger partial charge in [0, 0.05) is 32.1 Å². The Kier molecular flexibility index (Phi) is 8.85. The fourth-order valence-electron chi connectivity index (χ4n) is 2.21. The largest absolute Gasteiger partial charge is 0.393 e. The number of thiophene rings is 1. The second-order valence-corrected chi connectivity index (χ2v) is 6.61. The van der Waals surface area contributed by atoms with Crippen molar-refractivity contribution in [1.29, 1.82) is 0 Å². The van der Waals surface area contributed by atoms with Crippen LogP contribution in [0.5, 0.6) is 0 Å². The standard InChI is InChI=1S/C15H24N4O2S.HI/c1-18(2)14(21)11-17-15(16-10-13-4-3-9-22-13)19-7-5-12(20)6-8-19;/h3-4,9,12,20H,5-8,10-11H2,1-2H3,(H,16,17);1H. The van der Waals surface area contributed by atoms with Crippen molar-refractivity contribution in [3.63, 3.8) is 0 Å². The van der Waals surface area contributed by atoms with E-state index in [4.69, 9.17) is 0 Å². The van der Waals surface area contributed by atoms with Crippen molar-refractivity contribution in [2.75, 3.05) is 33.7 Å². The molecule has 6 nitrogen and oxygen atoms in total. The van der Waals surface area contributed by atoms with E-state index in [-0.39, 0.29) is 42.5 Å². The van der Waals surface area contributed by atoms with E-state index in [0.717, 1.165) is 31.9 Å². The summed E-state index contributed by atoms with van der Waals surface area (Å²) in [6.07, 6.45) is 1.25. The highest BCUT2D eigenvalue weighted by atomic mass is 127. The van der Waals surface area contributed by atoms with Gasteiger partial charge in [0.2, 0.25) is 5.91 Å². The van der Waals surface area contributed by atoms with Gasteiger partial charge >= 0.3 is 0 Å². The molecule has 0 spiro atoms. The van der Waals surface area contributed by atoms with Gasteiger partial charge in [0.1, 0.15) is 6.54 Å². The van der Waals surface area contributed by atoms with Gasteiger partial charge in [-0.15, -0.1) is 35.3 Å². The molecule has 0 radical (unpaired) electrons. The lowest BCUT2D eigenvalue weighted by Gasteiger charge is -2.32. The zero-order chi connectivity index (χ0) is 15.9. The summed E-state index contributed by atoms with van der Waals surface area (Å²) in [7, 11) is 3.46. The summed E-state index contributed by atoms with van der Waals surface area (Å²) in [5, 5.41) is 15.0. The number of aliphatic hydroxyl groups is 1. The van der Waals surface area contributed by atoms with E-state index in [9.17, 15) is 9.90 Å². The van der Waals surface area contributed by atoms with Crippen LogP contribution in [-0.2, 0) is 11.3 Å². The Morgan fingerprint density at radius 1 is 1.48 bits per heavy atom. The second kappa shape index (κ2) is 10.1. The number of halogens is 1. The molecular formula is C15H25IN4O2S. The van der Waals surface area contributed by atoms with Crippen LogP contribution < -0.4 is 5.32 Å². The number of nitrogens with zero attached hydrogens (tertiary/aromatic N) is 3. The van der Waals surface area contributed by atoms with Crippen LogP contribution in [0.15, 0.2) is 22.5 Å². The maximum Gasteiger partial charge on any atom is 0.243 e. The molecule has 2 heterocycles. The number of carbonyl (C=O) groups is 1. The predicted molar refractivity (Wildman–Crippen MR) is 104 cm³/mol. The number of guanidine groups is 1. The van der Waals surface area contributed by atoms with Gasteiger partial charge in [-0.2, -0.15) is 0 Å². The van der Waals surface area contributed by atoms with Crippen molar-refractivity contribution in [2.45, 2.75) is 25.5 Å². The number of piperidine rings is 1. The van der Waals surface area contributed by atoms with Crippen LogP contribution in [0.25, 0.3) is 0 Å². The molecule has 23 heavy (non-hydrogen) atoms. The Labute approximate surface area is 158 Å². The first-order valence-corrected chi connectivity index (χ1v) is 8.38. The van der Waals surface area contributed by atoms with Crippen molar-refractivity contribution in [2.24, 2.45) is 4.99 Å². The first-order chi connectivity index (χ1) is 10.6. The van der Waals surface area contributed by atoms with Crippen LogP contribution >= 0.6 is 35.3 Å². The fraction of sp³-hybridized carbons (Fsp3) is 0.600. The van der Waals surface area contributed by atoms with Crippen LogP contribution in [0.1, 0.15) is 17.7 Å². The number of aliphatic hydroxyl groups excluding tert-OH is 1. The molecule has 0 aliphatic carbocycles. The summed E-state index contributed by atoms with van der Waals surface area (Å²) in [6.45, 7) is 2.35. The maximum atomic E-state index is 11.7. The number of aliphatic imine (C=N–C) groups is 1. The minimum absolute atomic E-state index is 0. The third kappa shape index (κ3) is 6.64. The normalized spacial score (nSPS) is 16.0. The van der Waals surface area contributed by atoms with Crippen LogP contribution in [0.2, 0.25) is 0 Å². The zero-order valence-electron chi connectivity index (χ0n) is 13.6. The Balaban J connectivity index is 0.00000264. The highest BCUT2D eigenvalue weighted by Gasteiger charge is 2.20. The quantitative estimate of drug-likeness (QED) is 0.412. The van der Waals surface area contributed by atoms with Gasteiger partial charge in [0.15, 0.2) is 5.96 Å². The molecule has 2 rings (SSSR count). The molecule has 0 unspecified atom stereocenters. The Morgan fingerprint density at radius 3 is 2.74 bits per heavy atom. The number of likely N-dealkylation sites (tertiary alicyclic amines) is 1. The van der Waals surface area contributed by atoms with Crippen molar-refractivity contribution in [3.05, 3.63) is 22.4 Å². The summed E-state index contributed by atoms with van der Waals surface area (Å²) in [5.41, 5.74) is 0. The minimum Gasteiger partial charge on any atom is -0.393 e. The molecule has 1 aliphatic heterocycles. The Morgan fingerprint density at radius 2 is 2.17 bits per heavy atom. The summed E-state index contributed by atoms with van der Waals surface area (Å²) in [4.78, 5) is 21.1. The number of likely N-dealkylation sites (N-methyl/N-ethyl adjacent to an activating group) is 1. The van der Waals surface area contributed by atoms with E-state index < -0.39 is 0 Å². The van der Waals surface area contributed by atoms with Gasteiger partial charge in [-0.3, -0.25) is 4.79 Å². The van der Waals surface area contributed by atoms with Crippen LogP contribution in [0, 0.1) is 0 Å². The lowest BCUT2D eigenvalue weighted by molar-refractivity contribution is -0.127. The monoisotopic (exact) mass is 452 g/mol. The predicted octanol–water partition coefficient (Wildman–Crippen LogP) is 1.36. The summed E-state index contributed by atoms with van der Waals surface area (Å²) in [5.74, 6) is 0.725. The van der Waals surface area contributed by atoms with Gasteiger partial charge in [0.05, 0.1) is 12.6 Å². The average Bonchev–Trinajstić information content (AvgIpc) is 3.01. The summed E-state index contributed by atoms with van der Waals surface area (Å²) >= 11 is 1.69. The molecule has 1 aromatic rings. The van der Waals surface area contributed by atoms with Gasteiger partial charge in [-0.1, -0.05) is 6.07 Å². The molecule has 1 amide bonds. The first-order valence-electron chi connectivity index (χ1n) is 7.50. The number of hydrogen-bond donors (Lipinski definition) is 2. The zero-order valence-corrected chi connectivity index (χ0v) is 16.7. The molecule has 130 valence electrons. The molecule has 0 atom stereocenters. The van der Waals surface area contributed by atoms with Crippen molar-refractivity contribution in [3.8, 4) is 0 Å². The lowest BCUT2D eigenvalue weighted by Crippen LogP contribution is -2.46. The molecule has 1 fully saturated rings. The molecule has 1 saturated heterocycles. The molecular weight excluding hydrogens is 427 g/mol. The number of carbonyl (C=O) groups excluding carboxylic acids is 1. The summed E-state index contributed by atoms with van der Waals surface area (Å²) in [6, 6.07) is 4.09. The highest BCUT2D eigenvalue weighted by Crippen LogP contribution is 2.11. The van der Waals surface area contributed by atoms with Crippen molar-refractivity contribution < 1.29 is 9.90 Å². The number of hydrogen-bond acceptors (Lipinski definition) is 4. The van der Waals surface area contributed by atoms with Crippen LogP contribution in [0.3, 0.4) is 0 Å². The Bertz CT molecular complexity index is 500. The number of amides is 1. The minimum atomic E-state index is -0.224. The smallest absolute Gasteiger partial charge is 0.243 e. The van der Waals surface area contributed by atoms with E-state index in [1.54, 1.807) is 30.3 Å².